The maximum atomic E-state index is 12.7. The lowest BCUT2D eigenvalue weighted by molar-refractivity contribution is 0.0780. The second-order valence-electron chi connectivity index (χ2n) is 6.86. The average Bonchev–Trinajstić information content (AvgIpc) is 3.20. The van der Waals surface area contributed by atoms with E-state index in [4.69, 9.17) is 11.6 Å². The number of benzene rings is 1. The SMILES string of the molecule is CN1CCc2ccc(NC(=O)c3nc(N4CCCC4)ncc3Cl)cc2C1=O. The second kappa shape index (κ2) is 7.15. The number of halogens is 1. The Labute approximate surface area is 162 Å². The van der Waals surface area contributed by atoms with Crippen molar-refractivity contribution in [3.8, 4) is 0 Å². The minimum absolute atomic E-state index is 0.0382. The van der Waals surface area contributed by atoms with Gasteiger partial charge in [-0.15, -0.1) is 0 Å². The summed E-state index contributed by atoms with van der Waals surface area (Å²) < 4.78 is 0. The molecule has 0 unspecified atom stereocenters. The van der Waals surface area contributed by atoms with Crippen LogP contribution in [0.2, 0.25) is 5.02 Å². The van der Waals surface area contributed by atoms with E-state index < -0.39 is 5.91 Å². The molecule has 0 bridgehead atoms. The third kappa shape index (κ3) is 3.47. The summed E-state index contributed by atoms with van der Waals surface area (Å²) in [7, 11) is 1.77. The summed E-state index contributed by atoms with van der Waals surface area (Å²) >= 11 is 6.16. The number of carbonyl (C=O) groups excluding carboxylic acids is 2. The third-order valence-corrected chi connectivity index (χ3v) is 5.27. The van der Waals surface area contributed by atoms with Crippen LogP contribution in [0, 0.1) is 0 Å². The highest BCUT2D eigenvalue weighted by molar-refractivity contribution is 6.34. The van der Waals surface area contributed by atoms with Crippen molar-refractivity contribution in [3.63, 3.8) is 0 Å². The maximum absolute atomic E-state index is 12.7. The number of likely N-dealkylation sites (N-methyl/N-ethyl adjacent to an activating group) is 1. The molecule has 140 valence electrons. The molecule has 0 atom stereocenters. The van der Waals surface area contributed by atoms with E-state index in [0.717, 1.165) is 37.9 Å². The zero-order valence-electron chi connectivity index (χ0n) is 15.0. The smallest absolute Gasteiger partial charge is 0.276 e. The van der Waals surface area contributed by atoms with Crippen LogP contribution in [0.1, 0.15) is 39.3 Å². The van der Waals surface area contributed by atoms with Crippen molar-refractivity contribution in [1.29, 1.82) is 0 Å². The summed E-state index contributed by atoms with van der Waals surface area (Å²) in [5.74, 6) is 0.0624. The normalized spacial score (nSPS) is 16.4. The molecule has 1 N–H and O–H groups in total. The topological polar surface area (TPSA) is 78.4 Å². The molecule has 1 fully saturated rings. The van der Waals surface area contributed by atoms with Crippen LogP contribution in [-0.4, -0.2) is 53.4 Å². The number of nitrogens with zero attached hydrogens (tertiary/aromatic N) is 4. The van der Waals surface area contributed by atoms with Gasteiger partial charge in [-0.05, 0) is 37.0 Å². The molecule has 27 heavy (non-hydrogen) atoms. The van der Waals surface area contributed by atoms with Crippen molar-refractivity contribution in [3.05, 3.63) is 46.2 Å². The Balaban J connectivity index is 1.57. The molecule has 2 aliphatic heterocycles. The fraction of sp³-hybridized carbons (Fsp3) is 0.368. The lowest BCUT2D eigenvalue weighted by Gasteiger charge is -2.25. The predicted molar refractivity (Wildman–Crippen MR) is 104 cm³/mol. The van der Waals surface area contributed by atoms with Crippen molar-refractivity contribution in [2.45, 2.75) is 19.3 Å². The number of rotatable bonds is 3. The number of hydrogen-bond donors (Lipinski definition) is 1. The Kier molecular flexibility index (Phi) is 4.70. The molecular weight excluding hydrogens is 366 g/mol. The van der Waals surface area contributed by atoms with Crippen LogP contribution in [0.3, 0.4) is 0 Å². The first-order valence-corrected chi connectivity index (χ1v) is 9.38. The Morgan fingerprint density at radius 2 is 2.00 bits per heavy atom. The summed E-state index contributed by atoms with van der Waals surface area (Å²) in [5.41, 5.74) is 2.29. The Morgan fingerprint density at radius 1 is 1.22 bits per heavy atom. The molecular formula is C19H20ClN5O2. The summed E-state index contributed by atoms with van der Waals surface area (Å²) in [6, 6.07) is 5.39. The van der Waals surface area contributed by atoms with E-state index in [1.807, 2.05) is 11.0 Å². The summed E-state index contributed by atoms with van der Waals surface area (Å²) in [5, 5.41) is 3.00. The largest absolute Gasteiger partial charge is 0.341 e. The third-order valence-electron chi connectivity index (χ3n) is 5.00. The maximum Gasteiger partial charge on any atom is 0.276 e. The van der Waals surface area contributed by atoms with Crippen molar-refractivity contribution >= 4 is 35.1 Å². The van der Waals surface area contributed by atoms with Gasteiger partial charge in [-0.1, -0.05) is 17.7 Å². The minimum Gasteiger partial charge on any atom is -0.341 e. The standard InChI is InChI=1S/C19H20ClN5O2/c1-24-9-6-12-4-5-13(10-14(12)18(24)27)22-17(26)16-15(20)11-21-19(23-16)25-7-2-3-8-25/h4-5,10-11H,2-3,6-9H2,1H3,(H,22,26). The Bertz CT molecular complexity index is 911. The van der Waals surface area contributed by atoms with E-state index in [1.54, 1.807) is 24.1 Å². The van der Waals surface area contributed by atoms with Crippen LogP contribution < -0.4 is 10.2 Å². The molecule has 2 aromatic rings. The van der Waals surface area contributed by atoms with Gasteiger partial charge >= 0.3 is 0 Å². The van der Waals surface area contributed by atoms with Crippen molar-refractivity contribution < 1.29 is 9.59 Å². The summed E-state index contributed by atoms with van der Waals surface area (Å²) in [6.07, 6.45) is 4.45. The molecule has 1 aromatic heterocycles. The first-order valence-electron chi connectivity index (χ1n) is 9.00. The van der Waals surface area contributed by atoms with E-state index in [9.17, 15) is 9.59 Å². The van der Waals surface area contributed by atoms with E-state index in [2.05, 4.69) is 15.3 Å². The fourth-order valence-electron chi connectivity index (χ4n) is 3.44. The van der Waals surface area contributed by atoms with E-state index in [-0.39, 0.29) is 16.6 Å². The van der Waals surface area contributed by atoms with E-state index >= 15 is 0 Å². The number of anilines is 2. The van der Waals surface area contributed by atoms with Crippen LogP contribution in [0.5, 0.6) is 0 Å². The number of aromatic nitrogens is 2. The number of hydrogen-bond acceptors (Lipinski definition) is 5. The molecule has 4 rings (SSSR count). The molecule has 7 nitrogen and oxygen atoms in total. The van der Waals surface area contributed by atoms with Crippen LogP contribution in [0.25, 0.3) is 0 Å². The quantitative estimate of drug-likeness (QED) is 0.878. The van der Waals surface area contributed by atoms with Gasteiger partial charge in [0.25, 0.3) is 11.8 Å². The van der Waals surface area contributed by atoms with Gasteiger partial charge in [-0.25, -0.2) is 9.97 Å². The molecule has 8 heteroatoms. The minimum atomic E-state index is -0.417. The fourth-order valence-corrected chi connectivity index (χ4v) is 3.62. The van der Waals surface area contributed by atoms with Gasteiger partial charge in [0.2, 0.25) is 5.95 Å². The average molecular weight is 386 g/mol. The molecule has 2 amide bonds. The van der Waals surface area contributed by atoms with Crippen LogP contribution in [0.15, 0.2) is 24.4 Å². The zero-order valence-corrected chi connectivity index (χ0v) is 15.8. The van der Waals surface area contributed by atoms with Gasteiger partial charge in [0.15, 0.2) is 5.69 Å². The second-order valence-corrected chi connectivity index (χ2v) is 7.27. The van der Waals surface area contributed by atoms with E-state index in [0.29, 0.717) is 23.7 Å². The molecule has 0 spiro atoms. The van der Waals surface area contributed by atoms with Gasteiger partial charge in [0, 0.05) is 37.9 Å². The highest BCUT2D eigenvalue weighted by Crippen LogP contribution is 2.24. The number of fused-ring (bicyclic) bond motifs is 1. The highest BCUT2D eigenvalue weighted by Gasteiger charge is 2.23. The van der Waals surface area contributed by atoms with Crippen molar-refractivity contribution in [2.75, 3.05) is 36.9 Å². The molecule has 0 saturated carbocycles. The molecule has 1 saturated heterocycles. The van der Waals surface area contributed by atoms with Gasteiger partial charge in [-0.3, -0.25) is 9.59 Å². The number of nitrogens with one attached hydrogen (secondary N) is 1. The summed E-state index contributed by atoms with van der Waals surface area (Å²) in [6.45, 7) is 2.46. The first-order chi connectivity index (χ1) is 13.0. The van der Waals surface area contributed by atoms with Crippen LogP contribution >= 0.6 is 11.6 Å². The Hall–Kier alpha value is -2.67. The molecule has 1 aromatic carbocycles. The van der Waals surface area contributed by atoms with E-state index in [1.165, 1.54) is 6.20 Å². The molecule has 0 aliphatic carbocycles. The molecule has 2 aliphatic rings. The highest BCUT2D eigenvalue weighted by atomic mass is 35.5. The number of amides is 2. The zero-order chi connectivity index (χ0) is 19.0. The lowest BCUT2D eigenvalue weighted by Crippen LogP contribution is -2.34. The number of carbonyl (C=O) groups is 2. The molecule has 0 radical (unpaired) electrons. The van der Waals surface area contributed by atoms with Gasteiger partial charge < -0.3 is 15.1 Å². The molecule has 3 heterocycles. The summed E-state index contributed by atoms with van der Waals surface area (Å²) in [4.78, 5) is 37.4. The van der Waals surface area contributed by atoms with Gasteiger partial charge in [0.05, 0.1) is 11.2 Å². The monoisotopic (exact) mass is 385 g/mol. The predicted octanol–water partition coefficient (Wildman–Crippen LogP) is 2.61. The lowest BCUT2D eigenvalue weighted by atomic mass is 9.98. The Morgan fingerprint density at radius 3 is 2.78 bits per heavy atom. The first kappa shape index (κ1) is 17.7. The van der Waals surface area contributed by atoms with Crippen LogP contribution in [-0.2, 0) is 6.42 Å². The van der Waals surface area contributed by atoms with Gasteiger partial charge in [-0.2, -0.15) is 0 Å². The van der Waals surface area contributed by atoms with Crippen molar-refractivity contribution in [1.82, 2.24) is 14.9 Å². The van der Waals surface area contributed by atoms with Crippen LogP contribution in [0.4, 0.5) is 11.6 Å². The van der Waals surface area contributed by atoms with Gasteiger partial charge in [0.1, 0.15) is 0 Å². The van der Waals surface area contributed by atoms with Crippen molar-refractivity contribution in [2.24, 2.45) is 0 Å².